The molecule has 2 aromatic rings. The van der Waals surface area contributed by atoms with E-state index in [0.717, 1.165) is 50.1 Å². The quantitative estimate of drug-likeness (QED) is 0.467. The Morgan fingerprint density at radius 2 is 1.79 bits per heavy atom. The predicted molar refractivity (Wildman–Crippen MR) is 135 cm³/mol. The number of nitriles is 1. The number of unbranched alkanes of at least 4 members (excludes halogenated alkanes) is 2. The monoisotopic (exact) mass is 486 g/mol. The van der Waals surface area contributed by atoms with Crippen LogP contribution in [0.5, 0.6) is 0 Å². The molecule has 0 aromatic heterocycles. The van der Waals surface area contributed by atoms with Crippen LogP contribution in [-0.2, 0) is 10.0 Å². The van der Waals surface area contributed by atoms with Crippen LogP contribution >= 0.6 is 0 Å². The molecule has 3 rings (SSSR count). The number of hydrogen-bond acceptors (Lipinski definition) is 5. The zero-order valence-corrected chi connectivity index (χ0v) is 21.0. The molecule has 0 bridgehead atoms. The van der Waals surface area contributed by atoms with Gasteiger partial charge in [0.15, 0.2) is 0 Å². The fourth-order valence-corrected chi connectivity index (χ4v) is 5.56. The lowest BCUT2D eigenvalue weighted by Crippen LogP contribution is -2.48. The molecular formula is C26H35FN4O2S. The average Bonchev–Trinajstić information content (AvgIpc) is 2.82. The minimum atomic E-state index is -3.50. The summed E-state index contributed by atoms with van der Waals surface area (Å²) in [4.78, 5) is 4.69. The highest BCUT2D eigenvalue weighted by atomic mass is 32.2. The molecule has 8 heteroatoms. The van der Waals surface area contributed by atoms with Crippen molar-refractivity contribution in [1.29, 1.82) is 5.26 Å². The van der Waals surface area contributed by atoms with Gasteiger partial charge in [-0.2, -0.15) is 5.26 Å². The summed E-state index contributed by atoms with van der Waals surface area (Å²) in [6.07, 6.45) is 4.61. The van der Waals surface area contributed by atoms with Crippen molar-refractivity contribution in [2.45, 2.75) is 45.6 Å². The van der Waals surface area contributed by atoms with Crippen LogP contribution in [0.2, 0.25) is 0 Å². The van der Waals surface area contributed by atoms with Crippen molar-refractivity contribution >= 4 is 15.7 Å². The fourth-order valence-electron chi connectivity index (χ4n) is 4.46. The Kier molecular flexibility index (Phi) is 9.45. The first-order valence-electron chi connectivity index (χ1n) is 12.0. The molecule has 1 fully saturated rings. The van der Waals surface area contributed by atoms with E-state index in [0.29, 0.717) is 18.3 Å². The van der Waals surface area contributed by atoms with E-state index in [4.69, 9.17) is 0 Å². The molecule has 1 aliphatic heterocycles. The minimum absolute atomic E-state index is 0.000871. The number of nitrogens with zero attached hydrogens (tertiary/aromatic N) is 3. The molecule has 0 aliphatic carbocycles. The number of aryl methyl sites for hydroxylation is 1. The lowest BCUT2D eigenvalue weighted by Gasteiger charge is -2.39. The maximum atomic E-state index is 13.0. The number of halogens is 1. The van der Waals surface area contributed by atoms with Crippen LogP contribution in [0.4, 0.5) is 10.1 Å². The lowest BCUT2D eigenvalue weighted by atomic mass is 9.95. The second-order valence-corrected chi connectivity index (χ2v) is 10.8. The van der Waals surface area contributed by atoms with Crippen LogP contribution in [0.25, 0.3) is 0 Å². The molecule has 34 heavy (non-hydrogen) atoms. The molecular weight excluding hydrogens is 451 g/mol. The van der Waals surface area contributed by atoms with E-state index in [1.807, 2.05) is 13.0 Å². The maximum Gasteiger partial charge on any atom is 0.233 e. The number of rotatable bonds is 11. The van der Waals surface area contributed by atoms with Gasteiger partial charge in [0.2, 0.25) is 10.0 Å². The topological polar surface area (TPSA) is 76.4 Å². The Morgan fingerprint density at radius 3 is 2.41 bits per heavy atom. The second kappa shape index (κ2) is 12.3. The molecule has 2 aromatic carbocycles. The standard InChI is InChI=1S/C26H35FN4O2S/c1-3-4-5-6-26(22-7-8-23(20-28)21(2)19-22)31-15-13-30(14-16-31)17-18-34(32,33)29-25-11-9-24(27)10-12-25/h7-12,19,26,29H,3-6,13-18H2,1-2H3. The minimum Gasteiger partial charge on any atom is -0.300 e. The van der Waals surface area contributed by atoms with Crippen molar-refractivity contribution in [3.63, 3.8) is 0 Å². The van der Waals surface area contributed by atoms with Gasteiger partial charge in [0.05, 0.1) is 17.4 Å². The van der Waals surface area contributed by atoms with Crippen LogP contribution in [-0.4, -0.2) is 56.7 Å². The third kappa shape index (κ3) is 7.52. The zero-order chi connectivity index (χ0) is 24.6. The van der Waals surface area contributed by atoms with Crippen LogP contribution in [0, 0.1) is 24.1 Å². The van der Waals surface area contributed by atoms with E-state index in [1.54, 1.807) is 0 Å². The summed E-state index contributed by atoms with van der Waals surface area (Å²) in [6.45, 7) is 8.03. The van der Waals surface area contributed by atoms with Gasteiger partial charge in [0.1, 0.15) is 5.82 Å². The zero-order valence-electron chi connectivity index (χ0n) is 20.1. The van der Waals surface area contributed by atoms with Crippen LogP contribution < -0.4 is 4.72 Å². The number of hydrogen-bond donors (Lipinski definition) is 1. The first-order chi connectivity index (χ1) is 16.3. The Bertz CT molecular complexity index is 1070. The molecule has 0 saturated carbocycles. The van der Waals surface area contributed by atoms with E-state index < -0.39 is 15.8 Å². The summed E-state index contributed by atoms with van der Waals surface area (Å²) in [5.74, 6) is -0.399. The molecule has 1 unspecified atom stereocenters. The number of nitrogens with one attached hydrogen (secondary N) is 1. The van der Waals surface area contributed by atoms with Gasteiger partial charge >= 0.3 is 0 Å². The number of benzene rings is 2. The normalized spacial score (nSPS) is 16.2. The van der Waals surface area contributed by atoms with Crippen molar-refractivity contribution in [2.75, 3.05) is 43.2 Å². The molecule has 0 radical (unpaired) electrons. The SMILES string of the molecule is CCCCCC(c1ccc(C#N)c(C)c1)N1CCN(CCS(=O)(=O)Nc2ccc(F)cc2)CC1. The average molecular weight is 487 g/mol. The van der Waals surface area contributed by atoms with Gasteiger partial charge < -0.3 is 0 Å². The molecule has 1 N–H and O–H groups in total. The molecule has 1 atom stereocenters. The van der Waals surface area contributed by atoms with Crippen molar-refractivity contribution in [3.05, 3.63) is 65.0 Å². The van der Waals surface area contributed by atoms with Gasteiger partial charge in [-0.15, -0.1) is 0 Å². The summed E-state index contributed by atoms with van der Waals surface area (Å²) in [7, 11) is -3.50. The Labute approximate surface area is 203 Å². The smallest absolute Gasteiger partial charge is 0.233 e. The Hall–Kier alpha value is -2.47. The van der Waals surface area contributed by atoms with Gasteiger partial charge in [-0.3, -0.25) is 14.5 Å². The molecule has 1 aliphatic rings. The lowest BCUT2D eigenvalue weighted by molar-refractivity contribution is 0.0941. The molecule has 1 heterocycles. The third-order valence-corrected chi connectivity index (χ3v) is 7.75. The van der Waals surface area contributed by atoms with E-state index in [-0.39, 0.29) is 5.75 Å². The molecule has 0 amide bonds. The Morgan fingerprint density at radius 1 is 1.09 bits per heavy atom. The van der Waals surface area contributed by atoms with Gasteiger partial charge in [-0.05, 0) is 54.8 Å². The Balaban J connectivity index is 1.56. The van der Waals surface area contributed by atoms with E-state index in [9.17, 15) is 18.1 Å². The van der Waals surface area contributed by atoms with Crippen molar-refractivity contribution in [2.24, 2.45) is 0 Å². The summed E-state index contributed by atoms with van der Waals surface area (Å²) >= 11 is 0. The molecule has 0 spiro atoms. The first kappa shape index (κ1) is 26.1. The number of anilines is 1. The summed E-state index contributed by atoms with van der Waals surface area (Å²) in [5, 5.41) is 9.27. The largest absolute Gasteiger partial charge is 0.300 e. The molecule has 1 saturated heterocycles. The maximum absolute atomic E-state index is 13.0. The second-order valence-electron chi connectivity index (χ2n) is 9.00. The van der Waals surface area contributed by atoms with Crippen LogP contribution in [0.15, 0.2) is 42.5 Å². The predicted octanol–water partition coefficient (Wildman–Crippen LogP) is 4.69. The van der Waals surface area contributed by atoms with Gasteiger partial charge in [0.25, 0.3) is 0 Å². The van der Waals surface area contributed by atoms with Crippen molar-refractivity contribution in [1.82, 2.24) is 9.80 Å². The summed E-state index contributed by atoms with van der Waals surface area (Å²) < 4.78 is 40.5. The number of sulfonamides is 1. The highest BCUT2D eigenvalue weighted by Crippen LogP contribution is 2.29. The van der Waals surface area contributed by atoms with Gasteiger partial charge in [-0.1, -0.05) is 38.3 Å². The fraction of sp³-hybridized carbons (Fsp3) is 0.500. The van der Waals surface area contributed by atoms with Crippen molar-refractivity contribution in [3.8, 4) is 6.07 Å². The first-order valence-corrected chi connectivity index (χ1v) is 13.7. The summed E-state index contributed by atoms with van der Waals surface area (Å²) in [6, 6.07) is 14.0. The van der Waals surface area contributed by atoms with Crippen LogP contribution in [0.1, 0.15) is 55.3 Å². The highest BCUT2D eigenvalue weighted by Gasteiger charge is 2.26. The summed E-state index contributed by atoms with van der Waals surface area (Å²) in [5.41, 5.74) is 3.36. The highest BCUT2D eigenvalue weighted by molar-refractivity contribution is 7.92. The van der Waals surface area contributed by atoms with Crippen LogP contribution in [0.3, 0.4) is 0 Å². The third-order valence-electron chi connectivity index (χ3n) is 6.48. The van der Waals surface area contributed by atoms with Gasteiger partial charge in [0, 0.05) is 44.5 Å². The van der Waals surface area contributed by atoms with Gasteiger partial charge in [-0.25, -0.2) is 12.8 Å². The van der Waals surface area contributed by atoms with E-state index in [2.05, 4.69) is 39.6 Å². The number of piperazine rings is 1. The van der Waals surface area contributed by atoms with E-state index >= 15 is 0 Å². The molecule has 6 nitrogen and oxygen atoms in total. The van der Waals surface area contributed by atoms with Crippen molar-refractivity contribution < 1.29 is 12.8 Å². The van der Waals surface area contributed by atoms with E-state index in [1.165, 1.54) is 42.7 Å². The molecule has 184 valence electrons.